The van der Waals surface area contributed by atoms with Crippen LogP contribution in [0.25, 0.3) is 6.08 Å². The third kappa shape index (κ3) is 5.35. The van der Waals surface area contributed by atoms with E-state index in [1.165, 1.54) is 6.08 Å². The van der Waals surface area contributed by atoms with Gasteiger partial charge in [-0.25, -0.2) is 4.79 Å². The van der Waals surface area contributed by atoms with E-state index in [2.05, 4.69) is 22.6 Å². The lowest BCUT2D eigenvalue weighted by atomic mass is 10.0. The van der Waals surface area contributed by atoms with Gasteiger partial charge in [-0.05, 0) is 82.8 Å². The van der Waals surface area contributed by atoms with Gasteiger partial charge in [-0.1, -0.05) is 0 Å². The summed E-state index contributed by atoms with van der Waals surface area (Å²) in [5, 5.41) is 29.1. The molecule has 148 valence electrons. The Bertz CT molecular complexity index is 1110. The number of esters is 1. The zero-order valence-corrected chi connectivity index (χ0v) is 20.5. The van der Waals surface area contributed by atoms with E-state index >= 15 is 0 Å². The van der Waals surface area contributed by atoms with Crippen LogP contribution in [-0.4, -0.2) is 23.5 Å². The lowest BCUT2D eigenvalue weighted by Gasteiger charge is -2.04. The Kier molecular flexibility index (Phi) is 8.19. The molecule has 0 atom stereocenters. The summed E-state index contributed by atoms with van der Waals surface area (Å²) in [4.78, 5) is 25.5. The monoisotopic (exact) mass is 632 g/mol. The summed E-state index contributed by atoms with van der Waals surface area (Å²) < 4.78 is 6.44. The quantitative estimate of drug-likeness (QED) is 0.213. The number of rotatable bonds is 6. The highest BCUT2D eigenvalue weighted by Gasteiger charge is 2.23. The van der Waals surface area contributed by atoms with E-state index in [0.29, 0.717) is 19.6 Å². The standard InChI is InChI=1S/C20H14I2N2O4S/c1-3-28-20(27)19-10(2)14(9-24)17(29-19)7-16(25)12(8-23)4-11-5-13(21)6-15(22)18(11)26/h4-6,26H,3,7H2,1-2H3/b12-4+. The smallest absolute Gasteiger partial charge is 0.348 e. The Labute approximate surface area is 199 Å². The summed E-state index contributed by atoms with van der Waals surface area (Å²) >= 11 is 5.07. The Morgan fingerprint density at radius 1 is 1.31 bits per heavy atom. The molecular weight excluding hydrogens is 618 g/mol. The number of nitriles is 2. The minimum Gasteiger partial charge on any atom is -0.506 e. The highest BCUT2D eigenvalue weighted by Crippen LogP contribution is 2.31. The normalized spacial score (nSPS) is 10.9. The molecule has 0 spiro atoms. The first-order valence-electron chi connectivity index (χ1n) is 8.25. The Morgan fingerprint density at radius 3 is 2.59 bits per heavy atom. The van der Waals surface area contributed by atoms with E-state index in [4.69, 9.17) is 4.74 Å². The maximum absolute atomic E-state index is 12.7. The van der Waals surface area contributed by atoms with E-state index in [1.54, 1.807) is 26.0 Å². The summed E-state index contributed by atoms with van der Waals surface area (Å²) in [7, 11) is 0. The molecule has 1 aromatic carbocycles. The predicted octanol–water partition coefficient (Wildman–Crippen LogP) is 4.74. The van der Waals surface area contributed by atoms with Crippen molar-refractivity contribution in [3.05, 3.63) is 51.3 Å². The second kappa shape index (κ2) is 10.2. The van der Waals surface area contributed by atoms with Gasteiger partial charge < -0.3 is 9.84 Å². The predicted molar refractivity (Wildman–Crippen MR) is 126 cm³/mol. The number of carbonyl (C=O) groups excluding carboxylic acids is 2. The summed E-state index contributed by atoms with van der Waals surface area (Å²) in [6, 6.07) is 7.32. The van der Waals surface area contributed by atoms with E-state index in [1.807, 2.05) is 34.7 Å². The minimum absolute atomic E-state index is 0.0131. The highest BCUT2D eigenvalue weighted by atomic mass is 127. The van der Waals surface area contributed by atoms with Crippen LogP contribution < -0.4 is 0 Å². The summed E-state index contributed by atoms with van der Waals surface area (Å²) in [6.45, 7) is 3.51. The number of ether oxygens (including phenoxy) is 1. The van der Waals surface area contributed by atoms with Crippen molar-refractivity contribution in [2.45, 2.75) is 20.3 Å². The van der Waals surface area contributed by atoms with Gasteiger partial charge in [0.05, 0.1) is 21.3 Å². The summed E-state index contributed by atoms with van der Waals surface area (Å²) in [5.41, 5.74) is 0.924. The van der Waals surface area contributed by atoms with Gasteiger partial charge in [0, 0.05) is 20.4 Å². The summed E-state index contributed by atoms with van der Waals surface area (Å²) in [5.74, 6) is -1.06. The molecule has 0 saturated carbocycles. The zero-order chi connectivity index (χ0) is 21.7. The van der Waals surface area contributed by atoms with Gasteiger partial charge in [0.1, 0.15) is 22.8 Å². The molecule has 0 unspecified atom stereocenters. The zero-order valence-electron chi connectivity index (χ0n) is 15.4. The second-order valence-electron chi connectivity index (χ2n) is 5.78. The lowest BCUT2D eigenvalue weighted by molar-refractivity contribution is -0.114. The number of ketones is 1. The minimum atomic E-state index is -0.542. The number of aromatic hydroxyl groups is 1. The first kappa shape index (κ1) is 23.3. The largest absolute Gasteiger partial charge is 0.506 e. The number of hydrogen-bond acceptors (Lipinski definition) is 7. The number of hydrogen-bond donors (Lipinski definition) is 1. The maximum Gasteiger partial charge on any atom is 0.348 e. The molecule has 29 heavy (non-hydrogen) atoms. The van der Waals surface area contributed by atoms with Crippen LogP contribution in [0.1, 0.15) is 38.2 Å². The van der Waals surface area contributed by atoms with Crippen molar-refractivity contribution in [2.24, 2.45) is 0 Å². The van der Waals surface area contributed by atoms with Crippen LogP contribution in [0.15, 0.2) is 17.7 Å². The number of phenolic OH excluding ortho intramolecular Hbond substituents is 1. The van der Waals surface area contributed by atoms with Crippen molar-refractivity contribution in [1.29, 1.82) is 10.5 Å². The molecule has 0 bridgehead atoms. The van der Waals surface area contributed by atoms with Crippen LogP contribution in [-0.2, 0) is 16.0 Å². The van der Waals surface area contributed by atoms with E-state index in [-0.39, 0.29) is 34.8 Å². The molecule has 0 aliphatic heterocycles. The molecule has 0 aliphatic rings. The van der Waals surface area contributed by atoms with Gasteiger partial charge >= 0.3 is 5.97 Å². The molecular formula is C20H14I2N2O4S. The Morgan fingerprint density at radius 2 is 2.00 bits per heavy atom. The van der Waals surface area contributed by atoms with Crippen LogP contribution in [0.2, 0.25) is 0 Å². The Hall–Kier alpha value is -1.96. The number of allylic oxidation sites excluding steroid dienone is 1. The fraction of sp³-hybridized carbons (Fsp3) is 0.200. The number of halogens is 2. The van der Waals surface area contributed by atoms with E-state index < -0.39 is 11.8 Å². The van der Waals surface area contributed by atoms with Crippen molar-refractivity contribution in [1.82, 2.24) is 0 Å². The Balaban J connectivity index is 2.41. The van der Waals surface area contributed by atoms with Crippen molar-refractivity contribution >= 4 is 74.3 Å². The number of nitrogens with zero attached hydrogens (tertiary/aromatic N) is 2. The molecule has 0 radical (unpaired) electrons. The van der Waals surface area contributed by atoms with Crippen molar-refractivity contribution in [2.75, 3.05) is 6.61 Å². The molecule has 6 nitrogen and oxygen atoms in total. The molecule has 0 aliphatic carbocycles. The average molecular weight is 632 g/mol. The van der Waals surface area contributed by atoms with Gasteiger partial charge in [-0.2, -0.15) is 10.5 Å². The third-order valence-electron chi connectivity index (χ3n) is 3.89. The third-order valence-corrected chi connectivity index (χ3v) is 6.61. The van der Waals surface area contributed by atoms with Crippen LogP contribution in [0.4, 0.5) is 0 Å². The summed E-state index contributed by atoms with van der Waals surface area (Å²) in [6.07, 6.45) is 1.13. The number of phenols is 1. The van der Waals surface area contributed by atoms with Crippen LogP contribution in [0.3, 0.4) is 0 Å². The van der Waals surface area contributed by atoms with E-state index in [0.717, 1.165) is 14.9 Å². The first-order chi connectivity index (χ1) is 13.7. The highest BCUT2D eigenvalue weighted by molar-refractivity contribution is 14.1. The molecule has 2 rings (SSSR count). The molecule has 9 heteroatoms. The fourth-order valence-electron chi connectivity index (χ4n) is 2.50. The van der Waals surface area contributed by atoms with Crippen LogP contribution >= 0.6 is 56.5 Å². The fourth-order valence-corrected chi connectivity index (χ4v) is 5.54. The SMILES string of the molecule is CCOC(=O)c1sc(CC(=O)/C(C#N)=C/c2cc(I)cc(I)c2O)c(C#N)c1C. The van der Waals surface area contributed by atoms with Gasteiger partial charge in [-0.3, -0.25) is 4.79 Å². The molecule has 1 heterocycles. The molecule has 0 amide bonds. The number of carbonyl (C=O) groups is 2. The lowest BCUT2D eigenvalue weighted by Crippen LogP contribution is -2.05. The van der Waals surface area contributed by atoms with Crippen LogP contribution in [0.5, 0.6) is 5.75 Å². The average Bonchev–Trinajstić information content (AvgIpc) is 2.98. The molecule has 1 aromatic heterocycles. The number of Topliss-reactive ketones (excluding diaryl/α,β-unsaturated/α-hetero) is 1. The van der Waals surface area contributed by atoms with Crippen molar-refractivity contribution in [3.63, 3.8) is 0 Å². The molecule has 2 aromatic rings. The molecule has 0 saturated heterocycles. The van der Waals surface area contributed by atoms with Crippen molar-refractivity contribution in [3.8, 4) is 17.9 Å². The van der Waals surface area contributed by atoms with Gasteiger partial charge in [0.15, 0.2) is 5.78 Å². The number of benzene rings is 1. The van der Waals surface area contributed by atoms with Crippen LogP contribution in [0, 0.1) is 36.7 Å². The first-order valence-corrected chi connectivity index (χ1v) is 11.2. The molecule has 0 fully saturated rings. The topological polar surface area (TPSA) is 111 Å². The maximum atomic E-state index is 12.7. The number of thiophene rings is 1. The van der Waals surface area contributed by atoms with Gasteiger partial charge in [0.2, 0.25) is 0 Å². The second-order valence-corrected chi connectivity index (χ2v) is 9.29. The van der Waals surface area contributed by atoms with Crippen molar-refractivity contribution < 1.29 is 19.4 Å². The van der Waals surface area contributed by atoms with Gasteiger partial charge in [0.25, 0.3) is 0 Å². The van der Waals surface area contributed by atoms with Gasteiger partial charge in [-0.15, -0.1) is 11.3 Å². The molecule has 1 N–H and O–H groups in total. The van der Waals surface area contributed by atoms with E-state index in [9.17, 15) is 25.2 Å².